The number of carbonyl (C=O) groups is 1. The fourth-order valence-corrected chi connectivity index (χ4v) is 2.30. The van der Waals surface area contributed by atoms with E-state index in [4.69, 9.17) is 9.47 Å². The number of amides is 1. The first kappa shape index (κ1) is 15.8. The molecule has 1 amide bonds. The van der Waals surface area contributed by atoms with Crippen LogP contribution in [-0.2, 0) is 16.0 Å². The van der Waals surface area contributed by atoms with Crippen molar-refractivity contribution in [3.05, 3.63) is 29.8 Å². The maximum Gasteiger partial charge on any atom is 0.260 e. The van der Waals surface area contributed by atoms with E-state index in [2.05, 4.69) is 5.32 Å². The van der Waals surface area contributed by atoms with E-state index in [0.29, 0.717) is 6.61 Å². The molecule has 1 saturated heterocycles. The number of benzene rings is 1. The summed E-state index contributed by atoms with van der Waals surface area (Å²) in [5.74, 6) is 0.791. The molecule has 0 aromatic heterocycles. The van der Waals surface area contributed by atoms with Crippen LogP contribution in [0.4, 0.5) is 0 Å². The van der Waals surface area contributed by atoms with Gasteiger partial charge >= 0.3 is 0 Å². The summed E-state index contributed by atoms with van der Waals surface area (Å²) in [5, 5.41) is 3.28. The second-order valence-electron chi connectivity index (χ2n) is 5.16. The summed E-state index contributed by atoms with van der Waals surface area (Å²) >= 11 is 0. The molecule has 0 atom stereocenters. The van der Waals surface area contributed by atoms with Gasteiger partial charge < -0.3 is 19.7 Å². The molecule has 2 rings (SSSR count). The largest absolute Gasteiger partial charge is 0.484 e. The van der Waals surface area contributed by atoms with Crippen LogP contribution in [0.15, 0.2) is 24.3 Å². The third-order valence-corrected chi connectivity index (χ3v) is 3.57. The van der Waals surface area contributed by atoms with Gasteiger partial charge in [0.05, 0.1) is 6.61 Å². The lowest BCUT2D eigenvalue weighted by atomic mass is 10.1. The maximum atomic E-state index is 12.1. The fraction of sp³-hybridized carbons (Fsp3) is 0.562. The van der Waals surface area contributed by atoms with E-state index in [1.54, 1.807) is 7.11 Å². The number of ether oxygens (including phenoxy) is 2. The summed E-state index contributed by atoms with van der Waals surface area (Å²) in [6.07, 6.45) is 1.89. The number of methoxy groups -OCH3 is 1. The van der Waals surface area contributed by atoms with Crippen LogP contribution in [0.1, 0.15) is 12.0 Å². The second-order valence-corrected chi connectivity index (χ2v) is 5.16. The van der Waals surface area contributed by atoms with Gasteiger partial charge in [-0.15, -0.1) is 0 Å². The van der Waals surface area contributed by atoms with Gasteiger partial charge in [0.25, 0.3) is 5.91 Å². The monoisotopic (exact) mass is 292 g/mol. The van der Waals surface area contributed by atoms with Gasteiger partial charge in [-0.05, 0) is 37.1 Å². The van der Waals surface area contributed by atoms with Gasteiger partial charge in [-0.2, -0.15) is 0 Å². The standard InChI is InChI=1S/C16H24N2O3/c1-20-12-7-14-3-5-15(6-4-14)21-13-16(19)18-10-2-8-17-9-11-18/h3-6,17H,2,7-13H2,1H3. The molecule has 0 radical (unpaired) electrons. The number of hydrogen-bond donors (Lipinski definition) is 1. The number of nitrogens with zero attached hydrogens (tertiary/aromatic N) is 1. The fourth-order valence-electron chi connectivity index (χ4n) is 2.30. The van der Waals surface area contributed by atoms with Gasteiger partial charge in [0.2, 0.25) is 0 Å². The minimum Gasteiger partial charge on any atom is -0.484 e. The predicted molar refractivity (Wildman–Crippen MR) is 81.6 cm³/mol. The Balaban J connectivity index is 1.77. The average molecular weight is 292 g/mol. The molecule has 116 valence electrons. The SMILES string of the molecule is COCCc1ccc(OCC(=O)N2CCCNCC2)cc1. The first-order chi connectivity index (χ1) is 10.3. The smallest absolute Gasteiger partial charge is 0.260 e. The van der Waals surface area contributed by atoms with Gasteiger partial charge in [-0.3, -0.25) is 4.79 Å². The van der Waals surface area contributed by atoms with E-state index < -0.39 is 0 Å². The molecule has 0 bridgehead atoms. The van der Waals surface area contributed by atoms with E-state index in [1.807, 2.05) is 29.2 Å². The third-order valence-electron chi connectivity index (χ3n) is 3.57. The minimum absolute atomic E-state index is 0.0576. The maximum absolute atomic E-state index is 12.1. The number of nitrogens with one attached hydrogen (secondary N) is 1. The van der Waals surface area contributed by atoms with E-state index in [-0.39, 0.29) is 12.5 Å². The average Bonchev–Trinajstić information content (AvgIpc) is 2.81. The highest BCUT2D eigenvalue weighted by Crippen LogP contribution is 2.13. The minimum atomic E-state index is 0.0576. The van der Waals surface area contributed by atoms with Crippen LogP contribution < -0.4 is 10.1 Å². The van der Waals surface area contributed by atoms with E-state index in [9.17, 15) is 4.79 Å². The number of hydrogen-bond acceptors (Lipinski definition) is 4. The van der Waals surface area contributed by atoms with Crippen LogP contribution in [0, 0.1) is 0 Å². The summed E-state index contributed by atoms with van der Waals surface area (Å²) < 4.78 is 10.6. The Labute approximate surface area is 126 Å². The molecule has 0 unspecified atom stereocenters. The topological polar surface area (TPSA) is 50.8 Å². The van der Waals surface area contributed by atoms with Crippen LogP contribution >= 0.6 is 0 Å². The molecule has 1 aliphatic rings. The van der Waals surface area contributed by atoms with Crippen molar-refractivity contribution in [3.8, 4) is 5.75 Å². The molecule has 1 fully saturated rings. The second kappa shape index (κ2) is 8.64. The van der Waals surface area contributed by atoms with Crippen LogP contribution in [0.3, 0.4) is 0 Å². The molecule has 0 saturated carbocycles. The highest BCUT2D eigenvalue weighted by atomic mass is 16.5. The van der Waals surface area contributed by atoms with Crippen molar-refractivity contribution in [2.75, 3.05) is 46.5 Å². The lowest BCUT2D eigenvalue weighted by molar-refractivity contribution is -0.133. The highest BCUT2D eigenvalue weighted by Gasteiger charge is 2.15. The van der Waals surface area contributed by atoms with Gasteiger partial charge in [0.15, 0.2) is 6.61 Å². The lowest BCUT2D eigenvalue weighted by Gasteiger charge is -2.20. The lowest BCUT2D eigenvalue weighted by Crippen LogP contribution is -2.37. The molecule has 1 heterocycles. The zero-order valence-electron chi connectivity index (χ0n) is 12.6. The summed E-state index contributed by atoms with van der Waals surface area (Å²) in [7, 11) is 1.70. The van der Waals surface area contributed by atoms with Crippen molar-refractivity contribution in [2.45, 2.75) is 12.8 Å². The van der Waals surface area contributed by atoms with E-state index in [0.717, 1.165) is 44.8 Å². The zero-order chi connectivity index (χ0) is 14.9. The zero-order valence-corrected chi connectivity index (χ0v) is 12.6. The summed E-state index contributed by atoms with van der Waals surface area (Å²) in [5.41, 5.74) is 1.20. The van der Waals surface area contributed by atoms with Crippen LogP contribution in [0.25, 0.3) is 0 Å². The Morgan fingerprint density at radius 3 is 2.81 bits per heavy atom. The van der Waals surface area contributed by atoms with Gasteiger partial charge in [0.1, 0.15) is 5.75 Å². The number of rotatable bonds is 6. The Hall–Kier alpha value is -1.59. The Morgan fingerprint density at radius 1 is 1.24 bits per heavy atom. The van der Waals surface area contributed by atoms with Gasteiger partial charge in [-0.1, -0.05) is 12.1 Å². The molecule has 5 heteroatoms. The Kier molecular flexibility index (Phi) is 6.50. The molecule has 0 aliphatic carbocycles. The first-order valence-corrected chi connectivity index (χ1v) is 7.49. The van der Waals surface area contributed by atoms with Crippen molar-refractivity contribution >= 4 is 5.91 Å². The molecule has 0 spiro atoms. The molecule has 21 heavy (non-hydrogen) atoms. The third kappa shape index (κ3) is 5.36. The van der Waals surface area contributed by atoms with Crippen molar-refractivity contribution in [1.82, 2.24) is 10.2 Å². The summed E-state index contributed by atoms with van der Waals surface area (Å²) in [4.78, 5) is 14.0. The number of carbonyl (C=O) groups excluding carboxylic acids is 1. The first-order valence-electron chi connectivity index (χ1n) is 7.49. The van der Waals surface area contributed by atoms with E-state index in [1.165, 1.54) is 5.56 Å². The summed E-state index contributed by atoms with van der Waals surface area (Å²) in [6.45, 7) is 4.23. The molecule has 1 aromatic rings. The molecule has 5 nitrogen and oxygen atoms in total. The van der Waals surface area contributed by atoms with Gasteiger partial charge in [-0.25, -0.2) is 0 Å². The van der Waals surface area contributed by atoms with E-state index >= 15 is 0 Å². The Morgan fingerprint density at radius 2 is 2.05 bits per heavy atom. The molecule has 1 N–H and O–H groups in total. The Bertz CT molecular complexity index is 426. The normalized spacial score (nSPS) is 15.6. The van der Waals surface area contributed by atoms with Crippen LogP contribution in [-0.4, -0.2) is 57.3 Å². The highest BCUT2D eigenvalue weighted by molar-refractivity contribution is 5.77. The van der Waals surface area contributed by atoms with Crippen molar-refractivity contribution in [2.24, 2.45) is 0 Å². The molecular formula is C16H24N2O3. The van der Waals surface area contributed by atoms with Crippen molar-refractivity contribution in [3.63, 3.8) is 0 Å². The van der Waals surface area contributed by atoms with Crippen molar-refractivity contribution < 1.29 is 14.3 Å². The van der Waals surface area contributed by atoms with Crippen LogP contribution in [0.5, 0.6) is 5.75 Å². The van der Waals surface area contributed by atoms with Crippen LogP contribution in [0.2, 0.25) is 0 Å². The molecule has 1 aliphatic heterocycles. The quantitative estimate of drug-likeness (QED) is 0.852. The summed E-state index contributed by atoms with van der Waals surface area (Å²) in [6, 6.07) is 7.83. The van der Waals surface area contributed by atoms with Crippen molar-refractivity contribution in [1.29, 1.82) is 0 Å². The molecule has 1 aromatic carbocycles. The predicted octanol–water partition coefficient (Wildman–Crippen LogP) is 1.08. The van der Waals surface area contributed by atoms with Gasteiger partial charge in [0, 0.05) is 26.7 Å². The molecular weight excluding hydrogens is 268 g/mol.